The minimum atomic E-state index is -0.521. The number of anilines is 2. The molecule has 1 fully saturated rings. The van der Waals surface area contributed by atoms with Crippen LogP contribution in [-0.4, -0.2) is 59.1 Å². The van der Waals surface area contributed by atoms with Crippen LogP contribution in [0.5, 0.6) is 5.75 Å². The molecule has 1 unspecified atom stereocenters. The summed E-state index contributed by atoms with van der Waals surface area (Å²) in [7, 11) is 4.98. The maximum absolute atomic E-state index is 11.7. The Hall–Kier alpha value is -3.02. The van der Waals surface area contributed by atoms with Crippen molar-refractivity contribution in [3.8, 4) is 11.7 Å². The number of likely N-dealkylation sites (N-methyl/N-ethyl adjacent to an activating group) is 1. The van der Waals surface area contributed by atoms with Crippen LogP contribution in [0.15, 0.2) is 18.2 Å². The molecule has 1 heterocycles. The molecule has 2 amide bonds. The van der Waals surface area contributed by atoms with Gasteiger partial charge >= 0.3 is 0 Å². The number of carbonyl (C=O) groups is 3. The summed E-state index contributed by atoms with van der Waals surface area (Å²) in [6.45, 7) is 0.652. The maximum atomic E-state index is 11.7. The first-order valence-electron chi connectivity index (χ1n) is 10.7. The summed E-state index contributed by atoms with van der Waals surface area (Å²) in [5.41, 5.74) is 1.26. The van der Waals surface area contributed by atoms with Gasteiger partial charge in [-0.25, -0.2) is 5.26 Å². The van der Waals surface area contributed by atoms with Crippen LogP contribution in [0, 0.1) is 17.1 Å². The van der Waals surface area contributed by atoms with E-state index in [2.05, 4.69) is 11.3 Å². The van der Waals surface area contributed by atoms with Crippen molar-refractivity contribution in [2.75, 3.05) is 37.5 Å². The van der Waals surface area contributed by atoms with E-state index in [0.717, 1.165) is 31.8 Å². The molecule has 1 aromatic carbocycles. The third-order valence-corrected chi connectivity index (χ3v) is 5.97. The van der Waals surface area contributed by atoms with Crippen LogP contribution in [-0.2, 0) is 14.4 Å². The number of aldehydes is 1. The van der Waals surface area contributed by atoms with E-state index in [4.69, 9.17) is 10.00 Å². The second-order valence-electron chi connectivity index (χ2n) is 8.02. The van der Waals surface area contributed by atoms with Crippen molar-refractivity contribution in [1.29, 1.82) is 5.26 Å². The molecule has 0 aliphatic carbocycles. The standard InChI is InChI=1S/C22H31BN4O4/c1-25-21(30)8-7-18(13-28)27(3)19-5-4-6-20(22(19)26(2)16-29)31-14-17-9-11-23(15-24)12-10-17/h4-6,13,16-18H,7-12,14H2,1-3H3,(H,25,30). The molecule has 0 aromatic heterocycles. The molecule has 31 heavy (non-hydrogen) atoms. The van der Waals surface area contributed by atoms with Crippen LogP contribution < -0.4 is 19.9 Å². The van der Waals surface area contributed by atoms with Crippen LogP contribution in [0.4, 0.5) is 11.4 Å². The van der Waals surface area contributed by atoms with Gasteiger partial charge in [-0.1, -0.05) is 31.5 Å². The van der Waals surface area contributed by atoms with E-state index in [1.54, 1.807) is 26.0 Å². The molecule has 1 atom stereocenters. The van der Waals surface area contributed by atoms with Gasteiger partial charge in [0.2, 0.25) is 12.3 Å². The lowest BCUT2D eigenvalue weighted by Gasteiger charge is -2.31. The Labute approximate surface area is 184 Å². The quantitative estimate of drug-likeness (QED) is 0.430. The van der Waals surface area contributed by atoms with Gasteiger partial charge < -0.3 is 24.6 Å². The van der Waals surface area contributed by atoms with Gasteiger partial charge in [-0.05, 0) is 24.5 Å². The number of hydrogen-bond donors (Lipinski definition) is 1. The molecule has 9 heteroatoms. The molecule has 2 rings (SSSR count). The summed E-state index contributed by atoms with van der Waals surface area (Å²) in [6, 6.07) is 4.95. The molecular formula is C22H31BN4O4. The highest BCUT2D eigenvalue weighted by Crippen LogP contribution is 2.38. The lowest BCUT2D eigenvalue weighted by Crippen LogP contribution is -2.35. The zero-order chi connectivity index (χ0) is 22.8. The fourth-order valence-corrected chi connectivity index (χ4v) is 3.92. The second-order valence-corrected chi connectivity index (χ2v) is 8.02. The molecular weight excluding hydrogens is 395 g/mol. The summed E-state index contributed by atoms with van der Waals surface area (Å²) in [5, 5.41) is 11.6. The van der Waals surface area contributed by atoms with Crippen molar-refractivity contribution in [2.45, 2.75) is 44.4 Å². The first-order valence-corrected chi connectivity index (χ1v) is 10.7. The minimum Gasteiger partial charge on any atom is -0.491 e. The van der Waals surface area contributed by atoms with Gasteiger partial charge in [0.1, 0.15) is 17.7 Å². The number of carbonyl (C=O) groups excluding carboxylic acids is 3. The van der Waals surface area contributed by atoms with Gasteiger partial charge in [-0.2, -0.15) is 0 Å². The predicted octanol–water partition coefficient (Wildman–Crippen LogP) is 2.16. The van der Waals surface area contributed by atoms with Crippen molar-refractivity contribution in [1.82, 2.24) is 5.32 Å². The normalized spacial score (nSPS) is 14.8. The number of ether oxygens (including phenoxy) is 1. The molecule has 1 aromatic rings. The lowest BCUT2D eigenvalue weighted by atomic mass is 9.42. The predicted molar refractivity (Wildman–Crippen MR) is 122 cm³/mol. The monoisotopic (exact) mass is 426 g/mol. The summed E-state index contributed by atoms with van der Waals surface area (Å²) in [6.07, 6.45) is 5.78. The minimum absolute atomic E-state index is 0.131. The van der Waals surface area contributed by atoms with Gasteiger partial charge in [0.25, 0.3) is 6.71 Å². The van der Waals surface area contributed by atoms with Crippen molar-refractivity contribution in [3.05, 3.63) is 18.2 Å². The first-order chi connectivity index (χ1) is 14.9. The van der Waals surface area contributed by atoms with E-state index in [-0.39, 0.29) is 19.0 Å². The number of benzene rings is 1. The van der Waals surface area contributed by atoms with E-state index in [0.29, 0.717) is 42.5 Å². The molecule has 1 saturated heterocycles. The van der Waals surface area contributed by atoms with E-state index in [9.17, 15) is 14.4 Å². The highest BCUT2D eigenvalue weighted by Gasteiger charge is 2.26. The Kier molecular flexibility index (Phi) is 9.38. The number of rotatable bonds is 11. The number of nitrogens with one attached hydrogen (secondary N) is 1. The van der Waals surface area contributed by atoms with E-state index in [1.807, 2.05) is 18.2 Å². The smallest absolute Gasteiger partial charge is 0.267 e. The summed E-state index contributed by atoms with van der Waals surface area (Å²) < 4.78 is 6.13. The van der Waals surface area contributed by atoms with Crippen LogP contribution in [0.25, 0.3) is 0 Å². The summed E-state index contributed by atoms with van der Waals surface area (Å²) >= 11 is 0. The molecule has 166 valence electrons. The molecule has 0 saturated carbocycles. The highest BCUT2D eigenvalue weighted by molar-refractivity contribution is 6.67. The van der Waals surface area contributed by atoms with Gasteiger partial charge in [0, 0.05) is 33.5 Å². The largest absolute Gasteiger partial charge is 0.491 e. The Bertz CT molecular complexity index is 805. The highest BCUT2D eigenvalue weighted by atomic mass is 16.5. The van der Waals surface area contributed by atoms with Crippen LogP contribution in [0.2, 0.25) is 12.6 Å². The van der Waals surface area contributed by atoms with Crippen molar-refractivity contribution in [3.63, 3.8) is 0 Å². The lowest BCUT2D eigenvalue weighted by molar-refractivity contribution is -0.120. The Morgan fingerprint density at radius 3 is 2.65 bits per heavy atom. The van der Waals surface area contributed by atoms with Crippen LogP contribution in [0.1, 0.15) is 25.7 Å². The Balaban J connectivity index is 2.19. The maximum Gasteiger partial charge on any atom is 0.267 e. The number of amides is 2. The zero-order valence-corrected chi connectivity index (χ0v) is 18.5. The first kappa shape index (κ1) is 24.3. The van der Waals surface area contributed by atoms with E-state index in [1.165, 1.54) is 4.90 Å². The van der Waals surface area contributed by atoms with Crippen molar-refractivity contribution >= 4 is 36.7 Å². The topological polar surface area (TPSA) is 103 Å². The van der Waals surface area contributed by atoms with Gasteiger partial charge in [-0.3, -0.25) is 9.59 Å². The number of nitriles is 1. The Morgan fingerprint density at radius 2 is 2.06 bits per heavy atom. The number of nitrogens with zero attached hydrogens (tertiary/aromatic N) is 3. The van der Waals surface area contributed by atoms with Gasteiger partial charge in [0.15, 0.2) is 0 Å². The molecule has 1 aliphatic rings. The molecule has 1 aliphatic heterocycles. The summed E-state index contributed by atoms with van der Waals surface area (Å²) in [4.78, 5) is 38.1. The average molecular weight is 426 g/mol. The zero-order valence-electron chi connectivity index (χ0n) is 18.5. The third kappa shape index (κ3) is 6.48. The van der Waals surface area contributed by atoms with Crippen LogP contribution in [0.3, 0.4) is 0 Å². The third-order valence-electron chi connectivity index (χ3n) is 5.97. The molecule has 0 spiro atoms. The van der Waals surface area contributed by atoms with E-state index < -0.39 is 6.04 Å². The van der Waals surface area contributed by atoms with Crippen molar-refractivity contribution < 1.29 is 19.1 Å². The van der Waals surface area contributed by atoms with Crippen molar-refractivity contribution in [2.24, 2.45) is 5.92 Å². The SMILES string of the molecule is CNC(=O)CCC(C=O)N(C)c1cccc(OCC2CCB(C#N)CC2)c1N(C)C=O. The Morgan fingerprint density at radius 1 is 1.35 bits per heavy atom. The second kappa shape index (κ2) is 12.0. The molecule has 0 bridgehead atoms. The number of para-hydroxylation sites is 1. The summed E-state index contributed by atoms with van der Waals surface area (Å²) in [5.74, 6) is 3.15. The van der Waals surface area contributed by atoms with E-state index >= 15 is 0 Å². The fraction of sp³-hybridized carbons (Fsp3) is 0.545. The molecule has 1 N–H and O–H groups in total. The van der Waals surface area contributed by atoms with Gasteiger partial charge in [-0.15, -0.1) is 0 Å². The average Bonchev–Trinajstić information content (AvgIpc) is 2.82. The fourth-order valence-electron chi connectivity index (χ4n) is 3.92. The molecule has 8 nitrogen and oxygen atoms in total. The van der Waals surface area contributed by atoms with Crippen LogP contribution >= 0.6 is 0 Å². The van der Waals surface area contributed by atoms with Gasteiger partial charge in [0.05, 0.1) is 18.3 Å². The number of hydrogen-bond acceptors (Lipinski definition) is 6. The molecule has 0 radical (unpaired) electrons.